The third-order valence-electron chi connectivity index (χ3n) is 1.93. The summed E-state index contributed by atoms with van der Waals surface area (Å²) in [5.74, 6) is 1.46. The molecule has 0 saturated heterocycles. The minimum atomic E-state index is 0.360. The lowest BCUT2D eigenvalue weighted by Crippen LogP contribution is -1.99. The molecule has 0 aliphatic carbocycles. The quantitative estimate of drug-likeness (QED) is 0.739. The Labute approximate surface area is 81.6 Å². The van der Waals surface area contributed by atoms with E-state index in [4.69, 9.17) is 5.73 Å². The first-order valence-corrected chi connectivity index (χ1v) is 4.31. The van der Waals surface area contributed by atoms with Crippen LogP contribution in [-0.2, 0) is 13.6 Å². The summed E-state index contributed by atoms with van der Waals surface area (Å²) in [5, 5.41) is 4.17. The molecule has 0 aliphatic heterocycles. The van der Waals surface area contributed by atoms with Gasteiger partial charge in [-0.3, -0.25) is 4.98 Å². The molecule has 0 aromatic carbocycles. The molecule has 72 valence electrons. The third kappa shape index (κ3) is 1.49. The fourth-order valence-corrected chi connectivity index (χ4v) is 1.28. The molecule has 0 saturated carbocycles. The van der Waals surface area contributed by atoms with Gasteiger partial charge in [0.2, 0.25) is 0 Å². The van der Waals surface area contributed by atoms with Gasteiger partial charge in [-0.2, -0.15) is 5.10 Å². The van der Waals surface area contributed by atoms with Crippen LogP contribution in [0.3, 0.4) is 0 Å². The van der Waals surface area contributed by atoms with Crippen LogP contribution in [0.4, 0.5) is 0 Å². The SMILES string of the molecule is Cn1nc(CN)nc1-c1ccncc1. The molecule has 2 aromatic rings. The van der Waals surface area contributed by atoms with E-state index in [-0.39, 0.29) is 0 Å². The van der Waals surface area contributed by atoms with Crippen LogP contribution in [-0.4, -0.2) is 19.7 Å². The predicted octanol–water partition coefficient (Wildman–Crippen LogP) is 0.336. The van der Waals surface area contributed by atoms with Crippen molar-refractivity contribution in [2.24, 2.45) is 12.8 Å². The van der Waals surface area contributed by atoms with Gasteiger partial charge in [0.05, 0.1) is 6.54 Å². The van der Waals surface area contributed by atoms with Crippen molar-refractivity contribution in [3.05, 3.63) is 30.4 Å². The summed E-state index contributed by atoms with van der Waals surface area (Å²) in [4.78, 5) is 8.24. The average molecular weight is 189 g/mol. The van der Waals surface area contributed by atoms with Crippen molar-refractivity contribution in [1.29, 1.82) is 0 Å². The summed E-state index contributed by atoms with van der Waals surface area (Å²) in [6.07, 6.45) is 3.46. The Balaban J connectivity index is 2.46. The molecule has 0 atom stereocenters. The van der Waals surface area contributed by atoms with Crippen molar-refractivity contribution in [3.8, 4) is 11.4 Å². The van der Waals surface area contributed by atoms with Crippen molar-refractivity contribution in [1.82, 2.24) is 19.7 Å². The lowest BCUT2D eigenvalue weighted by Gasteiger charge is -1.97. The van der Waals surface area contributed by atoms with Crippen LogP contribution >= 0.6 is 0 Å². The lowest BCUT2D eigenvalue weighted by atomic mass is 10.2. The molecule has 5 heteroatoms. The highest BCUT2D eigenvalue weighted by Gasteiger charge is 2.07. The lowest BCUT2D eigenvalue weighted by molar-refractivity contribution is 0.749. The van der Waals surface area contributed by atoms with E-state index >= 15 is 0 Å². The molecule has 0 bridgehead atoms. The number of hydrogen-bond donors (Lipinski definition) is 1. The summed E-state index contributed by atoms with van der Waals surface area (Å²) in [6.45, 7) is 0.360. The maximum atomic E-state index is 5.46. The second-order valence-electron chi connectivity index (χ2n) is 2.92. The number of nitrogens with two attached hydrogens (primary N) is 1. The average Bonchev–Trinajstić information content (AvgIpc) is 2.61. The van der Waals surface area contributed by atoms with E-state index in [1.165, 1.54) is 0 Å². The Morgan fingerprint density at radius 1 is 1.36 bits per heavy atom. The van der Waals surface area contributed by atoms with Gasteiger partial charge < -0.3 is 5.73 Å². The van der Waals surface area contributed by atoms with E-state index in [0.717, 1.165) is 11.4 Å². The third-order valence-corrected chi connectivity index (χ3v) is 1.93. The second kappa shape index (κ2) is 3.55. The van der Waals surface area contributed by atoms with Crippen LogP contribution in [0, 0.1) is 0 Å². The van der Waals surface area contributed by atoms with Crippen LogP contribution in [0.25, 0.3) is 11.4 Å². The largest absolute Gasteiger partial charge is 0.324 e. The first-order valence-electron chi connectivity index (χ1n) is 4.31. The minimum absolute atomic E-state index is 0.360. The Kier molecular flexibility index (Phi) is 2.24. The number of aromatic nitrogens is 4. The smallest absolute Gasteiger partial charge is 0.164 e. The Hall–Kier alpha value is -1.75. The fraction of sp³-hybridized carbons (Fsp3) is 0.222. The maximum absolute atomic E-state index is 5.46. The molecule has 0 spiro atoms. The van der Waals surface area contributed by atoms with Gasteiger partial charge in [0.1, 0.15) is 0 Å². The summed E-state index contributed by atoms with van der Waals surface area (Å²) in [6, 6.07) is 3.79. The zero-order chi connectivity index (χ0) is 9.97. The van der Waals surface area contributed by atoms with Gasteiger partial charge in [0.15, 0.2) is 11.6 Å². The minimum Gasteiger partial charge on any atom is -0.324 e. The molecule has 0 aliphatic rings. The van der Waals surface area contributed by atoms with Crippen LogP contribution in [0.5, 0.6) is 0 Å². The maximum Gasteiger partial charge on any atom is 0.164 e. The molecular formula is C9H11N5. The van der Waals surface area contributed by atoms with Gasteiger partial charge >= 0.3 is 0 Å². The molecule has 0 fully saturated rings. The standard InChI is InChI=1S/C9H11N5/c1-14-9(12-8(6-10)13-14)7-2-4-11-5-3-7/h2-5H,6,10H2,1H3. The molecule has 0 radical (unpaired) electrons. The molecular weight excluding hydrogens is 178 g/mol. The fourth-order valence-electron chi connectivity index (χ4n) is 1.28. The number of nitrogens with zero attached hydrogens (tertiary/aromatic N) is 4. The van der Waals surface area contributed by atoms with Gasteiger partial charge in [-0.05, 0) is 12.1 Å². The van der Waals surface area contributed by atoms with E-state index in [2.05, 4.69) is 15.1 Å². The Bertz CT molecular complexity index is 420. The molecule has 5 nitrogen and oxygen atoms in total. The predicted molar refractivity (Wildman–Crippen MR) is 52.1 cm³/mol. The highest BCUT2D eigenvalue weighted by atomic mass is 15.3. The molecule has 2 rings (SSSR count). The van der Waals surface area contributed by atoms with Gasteiger partial charge in [0.25, 0.3) is 0 Å². The van der Waals surface area contributed by atoms with Crippen molar-refractivity contribution < 1.29 is 0 Å². The summed E-state index contributed by atoms with van der Waals surface area (Å²) < 4.78 is 1.72. The van der Waals surface area contributed by atoms with Gasteiger partial charge in [-0.25, -0.2) is 9.67 Å². The topological polar surface area (TPSA) is 69.6 Å². The molecule has 14 heavy (non-hydrogen) atoms. The van der Waals surface area contributed by atoms with Crippen molar-refractivity contribution >= 4 is 0 Å². The zero-order valence-corrected chi connectivity index (χ0v) is 7.88. The highest BCUT2D eigenvalue weighted by Crippen LogP contribution is 2.14. The summed E-state index contributed by atoms with van der Waals surface area (Å²) in [7, 11) is 1.85. The molecule has 0 amide bonds. The van der Waals surface area contributed by atoms with E-state index in [1.54, 1.807) is 17.1 Å². The molecule has 0 unspecified atom stereocenters. The first-order chi connectivity index (χ1) is 6.81. The molecule has 2 N–H and O–H groups in total. The number of hydrogen-bond acceptors (Lipinski definition) is 4. The Morgan fingerprint density at radius 2 is 2.07 bits per heavy atom. The number of rotatable bonds is 2. The van der Waals surface area contributed by atoms with E-state index in [0.29, 0.717) is 12.4 Å². The first kappa shape index (κ1) is 8.83. The van der Waals surface area contributed by atoms with Crippen molar-refractivity contribution in [2.45, 2.75) is 6.54 Å². The second-order valence-corrected chi connectivity index (χ2v) is 2.92. The van der Waals surface area contributed by atoms with Crippen LogP contribution in [0.15, 0.2) is 24.5 Å². The van der Waals surface area contributed by atoms with Gasteiger partial charge in [-0.1, -0.05) is 0 Å². The summed E-state index contributed by atoms with van der Waals surface area (Å²) >= 11 is 0. The number of aryl methyl sites for hydroxylation is 1. The Morgan fingerprint density at radius 3 is 2.64 bits per heavy atom. The van der Waals surface area contributed by atoms with E-state index in [9.17, 15) is 0 Å². The van der Waals surface area contributed by atoms with E-state index < -0.39 is 0 Å². The zero-order valence-electron chi connectivity index (χ0n) is 7.88. The molecule has 2 heterocycles. The number of pyridine rings is 1. The highest BCUT2D eigenvalue weighted by molar-refractivity contribution is 5.53. The van der Waals surface area contributed by atoms with Gasteiger partial charge in [0, 0.05) is 25.0 Å². The normalized spacial score (nSPS) is 10.4. The van der Waals surface area contributed by atoms with Crippen LogP contribution in [0.2, 0.25) is 0 Å². The summed E-state index contributed by atoms with van der Waals surface area (Å²) in [5.41, 5.74) is 6.45. The van der Waals surface area contributed by atoms with Crippen LogP contribution in [0.1, 0.15) is 5.82 Å². The van der Waals surface area contributed by atoms with Gasteiger partial charge in [-0.15, -0.1) is 0 Å². The monoisotopic (exact) mass is 189 g/mol. The van der Waals surface area contributed by atoms with Crippen LogP contribution < -0.4 is 5.73 Å². The van der Waals surface area contributed by atoms with Crippen molar-refractivity contribution in [3.63, 3.8) is 0 Å². The van der Waals surface area contributed by atoms with Crippen molar-refractivity contribution in [2.75, 3.05) is 0 Å². The molecule has 2 aromatic heterocycles. The van der Waals surface area contributed by atoms with E-state index in [1.807, 2.05) is 19.2 Å².